The Labute approximate surface area is 111 Å². The molecule has 0 atom stereocenters. The fourth-order valence-electron chi connectivity index (χ4n) is 2.24. The average molecular weight is 250 g/mol. The van der Waals surface area contributed by atoms with Gasteiger partial charge in [0.1, 0.15) is 5.75 Å². The highest BCUT2D eigenvalue weighted by atomic mass is 16.5. The first kappa shape index (κ1) is 15.0. The summed E-state index contributed by atoms with van der Waals surface area (Å²) in [5.41, 5.74) is 3.85. The number of likely N-dealkylation sites (N-methyl/N-ethyl adjacent to an activating group) is 2. The maximum absolute atomic E-state index is 5.39. The Hall–Kier alpha value is -1.06. The minimum Gasteiger partial charge on any atom is -0.496 e. The van der Waals surface area contributed by atoms with Crippen molar-refractivity contribution in [3.05, 3.63) is 28.8 Å². The van der Waals surface area contributed by atoms with Gasteiger partial charge in [0.05, 0.1) is 7.11 Å². The third-order valence-corrected chi connectivity index (χ3v) is 3.25. The second kappa shape index (κ2) is 7.39. The number of hydrogen-bond acceptors (Lipinski definition) is 3. The molecule has 1 N–H and O–H groups in total. The first-order chi connectivity index (χ1) is 8.58. The first-order valence-electron chi connectivity index (χ1n) is 6.55. The van der Waals surface area contributed by atoms with Gasteiger partial charge in [0.15, 0.2) is 0 Å². The van der Waals surface area contributed by atoms with E-state index in [1.54, 1.807) is 7.11 Å². The predicted molar refractivity (Wildman–Crippen MR) is 77.6 cm³/mol. The molecule has 0 unspecified atom stereocenters. The van der Waals surface area contributed by atoms with E-state index in [1.165, 1.54) is 16.7 Å². The van der Waals surface area contributed by atoms with Crippen molar-refractivity contribution in [3.8, 4) is 5.75 Å². The SMILES string of the molecule is CNCCN(C)CCc1cc(C)c(OC)c(C)c1. The van der Waals surface area contributed by atoms with E-state index < -0.39 is 0 Å². The van der Waals surface area contributed by atoms with Crippen molar-refractivity contribution in [2.24, 2.45) is 0 Å². The highest BCUT2D eigenvalue weighted by molar-refractivity contribution is 5.43. The molecule has 0 amide bonds. The zero-order valence-electron chi connectivity index (χ0n) is 12.3. The van der Waals surface area contributed by atoms with E-state index in [1.807, 2.05) is 7.05 Å². The molecule has 0 spiro atoms. The van der Waals surface area contributed by atoms with Crippen molar-refractivity contribution in [1.29, 1.82) is 0 Å². The van der Waals surface area contributed by atoms with Crippen LogP contribution in [-0.4, -0.2) is 45.7 Å². The highest BCUT2D eigenvalue weighted by Crippen LogP contribution is 2.24. The Balaban J connectivity index is 2.58. The Morgan fingerprint density at radius 3 is 2.28 bits per heavy atom. The second-order valence-corrected chi connectivity index (χ2v) is 4.92. The number of nitrogens with one attached hydrogen (secondary N) is 1. The van der Waals surface area contributed by atoms with Gasteiger partial charge in [-0.1, -0.05) is 12.1 Å². The number of hydrogen-bond donors (Lipinski definition) is 1. The fraction of sp³-hybridized carbons (Fsp3) is 0.600. The minimum absolute atomic E-state index is 1.02. The van der Waals surface area contributed by atoms with E-state index in [2.05, 4.69) is 43.2 Å². The smallest absolute Gasteiger partial charge is 0.124 e. The fourth-order valence-corrected chi connectivity index (χ4v) is 2.24. The molecule has 3 heteroatoms. The summed E-state index contributed by atoms with van der Waals surface area (Å²) in [6.07, 6.45) is 1.09. The monoisotopic (exact) mass is 250 g/mol. The van der Waals surface area contributed by atoms with E-state index in [-0.39, 0.29) is 0 Å². The molecule has 0 bridgehead atoms. The quantitative estimate of drug-likeness (QED) is 0.801. The van der Waals surface area contributed by atoms with Gasteiger partial charge in [-0.25, -0.2) is 0 Å². The lowest BCUT2D eigenvalue weighted by atomic mass is 10.0. The summed E-state index contributed by atoms with van der Waals surface area (Å²) in [5.74, 6) is 1.02. The average Bonchev–Trinajstić information content (AvgIpc) is 2.33. The maximum atomic E-state index is 5.39. The molecule has 0 aliphatic heterocycles. The van der Waals surface area contributed by atoms with Gasteiger partial charge in [0.2, 0.25) is 0 Å². The Morgan fingerprint density at radius 1 is 1.17 bits per heavy atom. The molecule has 3 nitrogen and oxygen atoms in total. The topological polar surface area (TPSA) is 24.5 Å². The molecule has 0 heterocycles. The maximum Gasteiger partial charge on any atom is 0.124 e. The van der Waals surface area contributed by atoms with E-state index >= 15 is 0 Å². The lowest BCUT2D eigenvalue weighted by molar-refractivity contribution is 0.339. The molecule has 0 fully saturated rings. The van der Waals surface area contributed by atoms with Gasteiger partial charge < -0.3 is 15.0 Å². The van der Waals surface area contributed by atoms with Crippen molar-refractivity contribution < 1.29 is 4.74 Å². The van der Waals surface area contributed by atoms with Gasteiger partial charge in [-0.05, 0) is 51.1 Å². The lowest BCUT2D eigenvalue weighted by Gasteiger charge is -2.17. The van der Waals surface area contributed by atoms with Crippen LogP contribution in [0.2, 0.25) is 0 Å². The number of methoxy groups -OCH3 is 1. The zero-order valence-corrected chi connectivity index (χ0v) is 12.3. The van der Waals surface area contributed by atoms with Crippen molar-refractivity contribution in [2.45, 2.75) is 20.3 Å². The summed E-state index contributed by atoms with van der Waals surface area (Å²) in [5, 5.41) is 3.17. The van der Waals surface area contributed by atoms with Crippen LogP contribution in [0.25, 0.3) is 0 Å². The van der Waals surface area contributed by atoms with Crippen molar-refractivity contribution >= 4 is 0 Å². The summed E-state index contributed by atoms with van der Waals surface area (Å²) < 4.78 is 5.39. The van der Waals surface area contributed by atoms with Crippen LogP contribution in [0.1, 0.15) is 16.7 Å². The van der Waals surface area contributed by atoms with Crippen LogP contribution in [0, 0.1) is 13.8 Å². The summed E-state index contributed by atoms with van der Waals surface area (Å²) >= 11 is 0. The van der Waals surface area contributed by atoms with Crippen LogP contribution in [0.3, 0.4) is 0 Å². The largest absolute Gasteiger partial charge is 0.496 e. The van der Waals surface area contributed by atoms with E-state index in [9.17, 15) is 0 Å². The lowest BCUT2D eigenvalue weighted by Crippen LogP contribution is -2.29. The molecule has 1 aromatic rings. The second-order valence-electron chi connectivity index (χ2n) is 4.92. The minimum atomic E-state index is 1.02. The van der Waals surface area contributed by atoms with Crippen LogP contribution >= 0.6 is 0 Å². The summed E-state index contributed by atoms with van der Waals surface area (Å²) in [4.78, 5) is 2.35. The number of nitrogens with zero attached hydrogens (tertiary/aromatic N) is 1. The zero-order chi connectivity index (χ0) is 13.5. The first-order valence-corrected chi connectivity index (χ1v) is 6.55. The van der Waals surface area contributed by atoms with Gasteiger partial charge >= 0.3 is 0 Å². The molecule has 0 aliphatic rings. The Bertz CT molecular complexity index is 354. The number of benzene rings is 1. The molecule has 102 valence electrons. The van der Waals surface area contributed by atoms with E-state index in [0.717, 1.165) is 31.8 Å². The molecule has 0 aliphatic carbocycles. The van der Waals surface area contributed by atoms with Gasteiger partial charge in [-0.3, -0.25) is 0 Å². The molecule has 18 heavy (non-hydrogen) atoms. The normalized spacial score (nSPS) is 11.0. The Kier molecular flexibility index (Phi) is 6.16. The van der Waals surface area contributed by atoms with Crippen molar-refractivity contribution in [2.75, 3.05) is 40.8 Å². The predicted octanol–water partition coefficient (Wildman–Crippen LogP) is 2.01. The third kappa shape index (κ3) is 4.31. The van der Waals surface area contributed by atoms with Crippen LogP contribution < -0.4 is 10.1 Å². The molecule has 0 saturated carbocycles. The van der Waals surface area contributed by atoms with E-state index in [0.29, 0.717) is 0 Å². The number of ether oxygens (including phenoxy) is 1. The summed E-state index contributed by atoms with van der Waals surface area (Å²) in [7, 11) is 5.89. The van der Waals surface area contributed by atoms with E-state index in [4.69, 9.17) is 4.74 Å². The number of aryl methyl sites for hydroxylation is 2. The standard InChI is InChI=1S/C15H26N2O/c1-12-10-14(11-13(2)15(12)18-5)6-8-17(4)9-7-16-3/h10-11,16H,6-9H2,1-5H3. The molecule has 1 rings (SSSR count). The Morgan fingerprint density at radius 2 is 1.78 bits per heavy atom. The van der Waals surface area contributed by atoms with Crippen LogP contribution in [0.4, 0.5) is 0 Å². The molecular weight excluding hydrogens is 224 g/mol. The molecule has 0 aromatic heterocycles. The molecular formula is C15H26N2O. The van der Waals surface area contributed by atoms with Gasteiger partial charge in [0.25, 0.3) is 0 Å². The molecule has 0 radical (unpaired) electrons. The van der Waals surface area contributed by atoms with Crippen molar-refractivity contribution in [3.63, 3.8) is 0 Å². The third-order valence-electron chi connectivity index (χ3n) is 3.25. The summed E-state index contributed by atoms with van der Waals surface area (Å²) in [6, 6.07) is 4.47. The van der Waals surface area contributed by atoms with Gasteiger partial charge in [-0.2, -0.15) is 0 Å². The van der Waals surface area contributed by atoms with Crippen LogP contribution in [-0.2, 0) is 6.42 Å². The number of rotatable bonds is 7. The molecule has 1 aromatic carbocycles. The summed E-state index contributed by atoms with van der Waals surface area (Å²) in [6.45, 7) is 7.44. The van der Waals surface area contributed by atoms with Crippen molar-refractivity contribution in [1.82, 2.24) is 10.2 Å². The van der Waals surface area contributed by atoms with Gasteiger partial charge in [0, 0.05) is 19.6 Å². The van der Waals surface area contributed by atoms with Gasteiger partial charge in [-0.15, -0.1) is 0 Å². The van der Waals surface area contributed by atoms with Crippen LogP contribution in [0.5, 0.6) is 5.75 Å². The highest BCUT2D eigenvalue weighted by Gasteiger charge is 2.06. The van der Waals surface area contributed by atoms with Crippen LogP contribution in [0.15, 0.2) is 12.1 Å². The molecule has 0 saturated heterocycles.